The fourth-order valence-electron chi connectivity index (χ4n) is 2.91. The van der Waals surface area contributed by atoms with E-state index in [1.165, 1.54) is 6.08 Å². The number of hydrogen-bond donors (Lipinski definition) is 1. The zero-order valence-electron chi connectivity index (χ0n) is 15.6. The Labute approximate surface area is 167 Å². The first kappa shape index (κ1) is 18.1. The second kappa shape index (κ2) is 7.79. The van der Waals surface area contributed by atoms with Crippen LogP contribution in [0.4, 0.5) is 5.69 Å². The van der Waals surface area contributed by atoms with E-state index in [4.69, 9.17) is 4.74 Å². The largest absolute Gasteiger partial charge is 0.497 e. The number of amides is 1. The zero-order valence-corrected chi connectivity index (χ0v) is 15.6. The van der Waals surface area contributed by atoms with E-state index in [0.717, 1.165) is 22.1 Å². The molecule has 0 radical (unpaired) electrons. The Kier molecular flexibility index (Phi) is 4.87. The van der Waals surface area contributed by atoms with Crippen LogP contribution in [0, 0.1) is 11.3 Å². The van der Waals surface area contributed by atoms with Gasteiger partial charge in [-0.25, -0.2) is 9.97 Å². The Morgan fingerprint density at radius 3 is 2.28 bits per heavy atom. The normalized spacial score (nSPS) is 11.2. The smallest absolute Gasteiger partial charge is 0.266 e. The van der Waals surface area contributed by atoms with Crippen LogP contribution >= 0.6 is 0 Å². The summed E-state index contributed by atoms with van der Waals surface area (Å²) < 4.78 is 5.11. The maximum absolute atomic E-state index is 12.6. The first-order valence-corrected chi connectivity index (χ1v) is 8.90. The van der Waals surface area contributed by atoms with Crippen LogP contribution in [0.1, 0.15) is 5.56 Å². The van der Waals surface area contributed by atoms with E-state index in [1.807, 2.05) is 30.3 Å². The van der Waals surface area contributed by atoms with Crippen molar-refractivity contribution >= 4 is 39.7 Å². The lowest BCUT2D eigenvalue weighted by Crippen LogP contribution is -2.13. The number of para-hydroxylation sites is 2. The molecule has 0 aliphatic carbocycles. The number of nitrogens with zero attached hydrogens (tertiary/aromatic N) is 3. The molecule has 4 rings (SSSR count). The molecule has 6 nitrogen and oxygen atoms in total. The molecule has 6 heteroatoms. The van der Waals surface area contributed by atoms with Crippen LogP contribution in [0.15, 0.2) is 72.3 Å². The van der Waals surface area contributed by atoms with Crippen molar-refractivity contribution in [3.05, 3.63) is 77.9 Å². The van der Waals surface area contributed by atoms with Crippen molar-refractivity contribution in [1.29, 1.82) is 5.26 Å². The number of rotatable bonds is 4. The number of aromatic nitrogens is 2. The summed E-state index contributed by atoms with van der Waals surface area (Å²) in [7, 11) is 1.58. The fraction of sp³-hybridized carbons (Fsp3) is 0.0435. The Morgan fingerprint density at radius 2 is 1.62 bits per heavy atom. The highest BCUT2D eigenvalue weighted by Crippen LogP contribution is 2.20. The minimum Gasteiger partial charge on any atom is -0.497 e. The summed E-state index contributed by atoms with van der Waals surface area (Å²) in [6.07, 6.45) is 1.53. The highest BCUT2D eigenvalue weighted by molar-refractivity contribution is 6.10. The van der Waals surface area contributed by atoms with E-state index in [9.17, 15) is 10.1 Å². The molecule has 0 bridgehead atoms. The number of anilines is 1. The van der Waals surface area contributed by atoms with Gasteiger partial charge in [-0.15, -0.1) is 0 Å². The van der Waals surface area contributed by atoms with Crippen molar-refractivity contribution in [1.82, 2.24) is 9.97 Å². The summed E-state index contributed by atoms with van der Waals surface area (Å²) in [6, 6.07) is 21.9. The summed E-state index contributed by atoms with van der Waals surface area (Å²) in [6.45, 7) is 0. The SMILES string of the molecule is COc1ccc(/C=C(/C#N)C(=O)Nc2ccc3nc4ccccc4nc3c2)cc1. The van der Waals surface area contributed by atoms with Crippen LogP contribution in [-0.4, -0.2) is 23.0 Å². The lowest BCUT2D eigenvalue weighted by Gasteiger charge is -2.06. The Bertz CT molecular complexity index is 1290. The molecule has 0 spiro atoms. The number of carbonyl (C=O) groups is 1. The highest BCUT2D eigenvalue weighted by atomic mass is 16.5. The van der Waals surface area contributed by atoms with Gasteiger partial charge in [-0.2, -0.15) is 5.26 Å². The molecule has 1 aromatic heterocycles. The van der Waals surface area contributed by atoms with Gasteiger partial charge in [-0.3, -0.25) is 4.79 Å². The second-order valence-corrected chi connectivity index (χ2v) is 6.31. The summed E-state index contributed by atoms with van der Waals surface area (Å²) >= 11 is 0. The lowest BCUT2D eigenvalue weighted by atomic mass is 10.1. The number of fused-ring (bicyclic) bond motifs is 2. The van der Waals surface area contributed by atoms with Crippen molar-refractivity contribution in [3.8, 4) is 11.8 Å². The molecule has 0 fully saturated rings. The Balaban J connectivity index is 1.60. The maximum atomic E-state index is 12.6. The van der Waals surface area contributed by atoms with Gasteiger partial charge in [0.25, 0.3) is 5.91 Å². The number of benzene rings is 3. The monoisotopic (exact) mass is 380 g/mol. The van der Waals surface area contributed by atoms with Gasteiger partial charge in [0, 0.05) is 5.69 Å². The lowest BCUT2D eigenvalue weighted by molar-refractivity contribution is -0.112. The van der Waals surface area contributed by atoms with Crippen molar-refractivity contribution in [3.63, 3.8) is 0 Å². The molecule has 0 saturated carbocycles. The van der Waals surface area contributed by atoms with Crippen LogP contribution in [0.3, 0.4) is 0 Å². The third-order valence-electron chi connectivity index (χ3n) is 4.39. The van der Waals surface area contributed by atoms with Gasteiger partial charge in [-0.1, -0.05) is 24.3 Å². The van der Waals surface area contributed by atoms with Gasteiger partial charge in [0.2, 0.25) is 0 Å². The van der Waals surface area contributed by atoms with Crippen LogP contribution in [0.2, 0.25) is 0 Å². The molecule has 0 aliphatic rings. The summed E-state index contributed by atoms with van der Waals surface area (Å²) in [5, 5.41) is 12.2. The molecule has 0 saturated heterocycles. The van der Waals surface area contributed by atoms with Crippen LogP contribution < -0.4 is 10.1 Å². The summed E-state index contributed by atoms with van der Waals surface area (Å²) in [4.78, 5) is 21.7. The Morgan fingerprint density at radius 1 is 0.966 bits per heavy atom. The molecular weight excluding hydrogens is 364 g/mol. The van der Waals surface area contributed by atoms with Crippen molar-refractivity contribution < 1.29 is 9.53 Å². The summed E-state index contributed by atoms with van der Waals surface area (Å²) in [5.74, 6) is 0.214. The van der Waals surface area contributed by atoms with Crippen LogP contribution in [-0.2, 0) is 4.79 Å². The minimum absolute atomic E-state index is 0.000130. The molecule has 0 aliphatic heterocycles. The number of nitrogens with one attached hydrogen (secondary N) is 1. The average Bonchev–Trinajstić information content (AvgIpc) is 2.76. The molecule has 3 aromatic carbocycles. The van der Waals surface area contributed by atoms with Crippen molar-refractivity contribution in [2.75, 3.05) is 12.4 Å². The van der Waals surface area contributed by atoms with Gasteiger partial charge in [0.15, 0.2) is 0 Å². The number of hydrogen-bond acceptors (Lipinski definition) is 5. The minimum atomic E-state index is -0.489. The topological polar surface area (TPSA) is 87.9 Å². The number of ether oxygens (including phenoxy) is 1. The predicted octanol–water partition coefficient (Wildman–Crippen LogP) is 4.34. The molecule has 0 unspecified atom stereocenters. The third-order valence-corrected chi connectivity index (χ3v) is 4.39. The van der Waals surface area contributed by atoms with Gasteiger partial charge in [0.1, 0.15) is 17.4 Å². The summed E-state index contributed by atoms with van der Waals surface area (Å²) in [5.41, 5.74) is 4.26. The van der Waals surface area contributed by atoms with Crippen molar-refractivity contribution in [2.45, 2.75) is 0 Å². The van der Waals surface area contributed by atoms with Crippen LogP contribution in [0.5, 0.6) is 5.75 Å². The van der Waals surface area contributed by atoms with E-state index in [2.05, 4.69) is 15.3 Å². The third kappa shape index (κ3) is 3.89. The van der Waals surface area contributed by atoms with E-state index in [-0.39, 0.29) is 5.57 Å². The highest BCUT2D eigenvalue weighted by Gasteiger charge is 2.11. The molecule has 0 atom stereocenters. The van der Waals surface area contributed by atoms with Gasteiger partial charge in [-0.05, 0) is 54.1 Å². The van der Waals surface area contributed by atoms with Gasteiger partial charge >= 0.3 is 0 Å². The molecule has 140 valence electrons. The van der Waals surface area contributed by atoms with E-state index < -0.39 is 5.91 Å². The quantitative estimate of drug-likeness (QED) is 0.323. The first-order valence-electron chi connectivity index (χ1n) is 8.90. The average molecular weight is 380 g/mol. The number of nitriles is 1. The standard InChI is InChI=1S/C23H16N4O2/c1-29-18-9-6-15(7-10-18)12-16(14-24)23(28)25-17-8-11-21-22(13-17)27-20-5-3-2-4-19(20)26-21/h2-13H,1H3,(H,25,28)/b16-12-. The molecule has 1 N–H and O–H groups in total. The predicted molar refractivity (Wildman–Crippen MR) is 112 cm³/mol. The van der Waals surface area contributed by atoms with Gasteiger partial charge < -0.3 is 10.1 Å². The zero-order chi connectivity index (χ0) is 20.2. The molecule has 4 aromatic rings. The van der Waals surface area contributed by atoms with E-state index >= 15 is 0 Å². The molecule has 29 heavy (non-hydrogen) atoms. The second-order valence-electron chi connectivity index (χ2n) is 6.31. The van der Waals surface area contributed by atoms with E-state index in [0.29, 0.717) is 17.0 Å². The molecule has 1 heterocycles. The first-order chi connectivity index (χ1) is 14.2. The van der Waals surface area contributed by atoms with Gasteiger partial charge in [0.05, 0.1) is 29.2 Å². The molecule has 1 amide bonds. The van der Waals surface area contributed by atoms with E-state index in [1.54, 1.807) is 49.6 Å². The number of carbonyl (C=O) groups excluding carboxylic acids is 1. The van der Waals surface area contributed by atoms with Crippen LogP contribution in [0.25, 0.3) is 28.1 Å². The maximum Gasteiger partial charge on any atom is 0.266 e. The fourth-order valence-corrected chi connectivity index (χ4v) is 2.91. The molecular formula is C23H16N4O2. The number of methoxy groups -OCH3 is 1. The Hall–Kier alpha value is -4.24. The van der Waals surface area contributed by atoms with Crippen molar-refractivity contribution in [2.24, 2.45) is 0 Å².